The van der Waals surface area contributed by atoms with Crippen molar-refractivity contribution in [3.05, 3.63) is 59.7 Å². The maximum atomic E-state index is 13.8. The second-order valence-corrected chi connectivity index (χ2v) is 6.90. The number of amides is 1. The molecule has 0 saturated carbocycles. The minimum absolute atomic E-state index is 0.383. The van der Waals surface area contributed by atoms with Gasteiger partial charge in [-0.2, -0.15) is 0 Å². The molecule has 10 heteroatoms. The second-order valence-electron chi connectivity index (χ2n) is 4.99. The van der Waals surface area contributed by atoms with Crippen LogP contribution < -0.4 is 9.62 Å². The van der Waals surface area contributed by atoms with Crippen molar-refractivity contribution in [1.82, 2.24) is 0 Å². The number of halogens is 4. The number of nitrogens with one attached hydrogen (secondary N) is 1. The lowest BCUT2D eigenvalue weighted by molar-refractivity contribution is -0.114. The first-order valence-corrected chi connectivity index (χ1v) is 8.61. The maximum absolute atomic E-state index is 13.8. The molecule has 0 bridgehead atoms. The molecular formula is C15H12F4N2O3S. The number of rotatable bonds is 5. The van der Waals surface area contributed by atoms with Crippen molar-refractivity contribution in [3.63, 3.8) is 0 Å². The van der Waals surface area contributed by atoms with Crippen LogP contribution in [-0.2, 0) is 14.8 Å². The van der Waals surface area contributed by atoms with Crippen molar-refractivity contribution in [2.24, 2.45) is 0 Å². The van der Waals surface area contributed by atoms with E-state index in [2.05, 4.69) is 0 Å². The summed E-state index contributed by atoms with van der Waals surface area (Å²) in [4.78, 5) is 12.0. The minimum Gasteiger partial charge on any atom is -0.322 e. The Morgan fingerprint density at radius 1 is 1.00 bits per heavy atom. The number of hydrogen-bond donors (Lipinski definition) is 1. The van der Waals surface area contributed by atoms with Crippen LogP contribution in [0.4, 0.5) is 28.9 Å². The zero-order valence-electron chi connectivity index (χ0n) is 12.8. The molecule has 1 amide bonds. The van der Waals surface area contributed by atoms with Crippen LogP contribution in [0.5, 0.6) is 0 Å². The highest BCUT2D eigenvalue weighted by atomic mass is 32.2. The fourth-order valence-corrected chi connectivity index (χ4v) is 2.83. The van der Waals surface area contributed by atoms with Gasteiger partial charge in [-0.1, -0.05) is 12.1 Å². The van der Waals surface area contributed by atoms with Crippen molar-refractivity contribution in [2.75, 3.05) is 22.4 Å². The van der Waals surface area contributed by atoms with Crippen LogP contribution in [0.25, 0.3) is 0 Å². The van der Waals surface area contributed by atoms with Crippen LogP contribution in [0.1, 0.15) is 0 Å². The predicted octanol–water partition coefficient (Wildman–Crippen LogP) is 2.65. The van der Waals surface area contributed by atoms with Gasteiger partial charge in [-0.05, 0) is 24.3 Å². The molecule has 0 aliphatic heterocycles. The Morgan fingerprint density at radius 3 is 2.24 bits per heavy atom. The number of benzene rings is 2. The fraction of sp³-hybridized carbons (Fsp3) is 0.133. The van der Waals surface area contributed by atoms with Gasteiger partial charge in [0.15, 0.2) is 17.5 Å². The molecule has 0 spiro atoms. The van der Waals surface area contributed by atoms with E-state index in [1.54, 1.807) is 0 Å². The van der Waals surface area contributed by atoms with E-state index >= 15 is 0 Å². The molecule has 0 aliphatic rings. The molecule has 2 rings (SSSR count). The molecule has 25 heavy (non-hydrogen) atoms. The first-order valence-electron chi connectivity index (χ1n) is 6.77. The topological polar surface area (TPSA) is 66.5 Å². The van der Waals surface area contributed by atoms with Gasteiger partial charge in [0.25, 0.3) is 0 Å². The lowest BCUT2D eigenvalue weighted by Gasteiger charge is -2.22. The van der Waals surface area contributed by atoms with Gasteiger partial charge in [-0.15, -0.1) is 0 Å². The van der Waals surface area contributed by atoms with Crippen molar-refractivity contribution < 1.29 is 30.8 Å². The highest BCUT2D eigenvalue weighted by Crippen LogP contribution is 2.22. The van der Waals surface area contributed by atoms with E-state index < -0.39 is 51.4 Å². The summed E-state index contributed by atoms with van der Waals surface area (Å²) < 4.78 is 77.5. The number of para-hydroxylation sites is 1. The van der Waals surface area contributed by atoms with E-state index in [0.29, 0.717) is 10.4 Å². The van der Waals surface area contributed by atoms with Gasteiger partial charge in [0, 0.05) is 0 Å². The maximum Gasteiger partial charge on any atom is 0.245 e. The number of carbonyl (C=O) groups excluding carboxylic acids is 1. The van der Waals surface area contributed by atoms with Crippen molar-refractivity contribution in [3.8, 4) is 0 Å². The molecule has 5 nitrogen and oxygen atoms in total. The average Bonchev–Trinajstić information content (AvgIpc) is 2.53. The van der Waals surface area contributed by atoms with E-state index in [4.69, 9.17) is 0 Å². The van der Waals surface area contributed by atoms with E-state index in [-0.39, 0.29) is 5.69 Å². The Morgan fingerprint density at radius 2 is 1.64 bits per heavy atom. The average molecular weight is 376 g/mol. The molecule has 0 saturated heterocycles. The van der Waals surface area contributed by atoms with E-state index in [1.165, 1.54) is 12.1 Å². The van der Waals surface area contributed by atoms with Crippen molar-refractivity contribution >= 4 is 27.3 Å². The number of hydrogen-bond acceptors (Lipinski definition) is 3. The third kappa shape index (κ3) is 4.27. The Balaban J connectivity index is 2.27. The molecule has 0 aliphatic carbocycles. The molecular weight excluding hydrogens is 364 g/mol. The molecule has 0 atom stereocenters. The summed E-state index contributed by atoms with van der Waals surface area (Å²) in [5, 5.41) is 1.92. The molecule has 0 unspecified atom stereocenters. The number of nitrogens with zero attached hydrogens (tertiary/aromatic N) is 1. The van der Waals surface area contributed by atoms with E-state index in [9.17, 15) is 30.8 Å². The van der Waals surface area contributed by atoms with Crippen LogP contribution in [0.15, 0.2) is 36.4 Å². The van der Waals surface area contributed by atoms with Gasteiger partial charge in [0.1, 0.15) is 12.4 Å². The van der Waals surface area contributed by atoms with Gasteiger partial charge in [-0.25, -0.2) is 26.0 Å². The highest BCUT2D eigenvalue weighted by Gasteiger charge is 2.24. The number of sulfonamides is 1. The summed E-state index contributed by atoms with van der Waals surface area (Å²) in [5.74, 6) is -6.82. The van der Waals surface area contributed by atoms with Crippen LogP contribution >= 0.6 is 0 Å². The third-order valence-corrected chi connectivity index (χ3v) is 4.24. The summed E-state index contributed by atoms with van der Waals surface area (Å²) >= 11 is 0. The lowest BCUT2D eigenvalue weighted by atomic mass is 10.2. The van der Waals surface area contributed by atoms with Gasteiger partial charge in [-0.3, -0.25) is 9.10 Å². The number of anilines is 2. The SMILES string of the molecule is CS(=O)(=O)N(CC(=O)Nc1ccc(F)c(F)c1F)c1ccccc1F. The summed E-state index contributed by atoms with van der Waals surface area (Å²) in [6.45, 7) is -0.891. The molecule has 134 valence electrons. The van der Waals surface area contributed by atoms with E-state index in [1.807, 2.05) is 5.32 Å². The standard InChI is InChI=1S/C15H12F4N2O3S/c1-25(23,24)21(12-5-3-2-4-9(12)16)8-13(22)20-11-7-6-10(17)14(18)15(11)19/h2-7H,8H2,1H3,(H,20,22). The Bertz CT molecular complexity index is 919. The molecule has 1 N–H and O–H groups in total. The lowest BCUT2D eigenvalue weighted by Crippen LogP contribution is -2.38. The molecule has 0 heterocycles. The summed E-state index contributed by atoms with van der Waals surface area (Å²) in [6.07, 6.45) is 0.755. The van der Waals surface area contributed by atoms with E-state index in [0.717, 1.165) is 24.5 Å². The molecule has 2 aromatic carbocycles. The van der Waals surface area contributed by atoms with Gasteiger partial charge in [0.2, 0.25) is 15.9 Å². The van der Waals surface area contributed by atoms with Crippen LogP contribution in [-0.4, -0.2) is 27.1 Å². The zero-order chi connectivity index (χ0) is 18.8. The summed E-state index contributed by atoms with van der Waals surface area (Å²) in [6, 6.07) is 6.21. The number of carbonyl (C=O) groups is 1. The largest absolute Gasteiger partial charge is 0.322 e. The molecule has 0 aromatic heterocycles. The Hall–Kier alpha value is -2.62. The van der Waals surface area contributed by atoms with Crippen LogP contribution in [0.2, 0.25) is 0 Å². The molecule has 2 aromatic rings. The summed E-state index contributed by atoms with van der Waals surface area (Å²) in [7, 11) is -4.05. The van der Waals surface area contributed by atoms with Gasteiger partial charge >= 0.3 is 0 Å². The van der Waals surface area contributed by atoms with Crippen LogP contribution in [0.3, 0.4) is 0 Å². The smallest absolute Gasteiger partial charge is 0.245 e. The highest BCUT2D eigenvalue weighted by molar-refractivity contribution is 7.92. The quantitative estimate of drug-likeness (QED) is 0.645. The predicted molar refractivity (Wildman–Crippen MR) is 83.5 cm³/mol. The van der Waals surface area contributed by atoms with Gasteiger partial charge in [0.05, 0.1) is 17.6 Å². The second kappa shape index (κ2) is 7.09. The zero-order valence-corrected chi connectivity index (χ0v) is 13.6. The van der Waals surface area contributed by atoms with Gasteiger partial charge < -0.3 is 5.32 Å². The molecule has 0 radical (unpaired) electrons. The molecule has 0 fully saturated rings. The third-order valence-electron chi connectivity index (χ3n) is 3.12. The first-order chi connectivity index (χ1) is 11.6. The minimum atomic E-state index is -4.05. The monoisotopic (exact) mass is 376 g/mol. The van der Waals surface area contributed by atoms with Crippen molar-refractivity contribution in [1.29, 1.82) is 0 Å². The Labute approximate surface area is 140 Å². The fourth-order valence-electron chi connectivity index (χ4n) is 1.98. The normalized spacial score (nSPS) is 11.2. The first kappa shape index (κ1) is 18.7. The van der Waals surface area contributed by atoms with Crippen molar-refractivity contribution in [2.45, 2.75) is 0 Å². The Kier molecular flexibility index (Phi) is 5.31. The summed E-state index contributed by atoms with van der Waals surface area (Å²) in [5.41, 5.74) is -1.06. The van der Waals surface area contributed by atoms with Crippen LogP contribution in [0, 0.1) is 23.3 Å².